The Kier molecular flexibility index (Phi) is 6.90. The molecule has 3 aliphatic rings. The maximum absolute atomic E-state index is 13.3. The maximum Gasteiger partial charge on any atom is 0.331 e. The van der Waals surface area contributed by atoms with Crippen LogP contribution in [0.4, 0.5) is 4.39 Å². The molecule has 0 amide bonds. The van der Waals surface area contributed by atoms with Crippen LogP contribution in [0.2, 0.25) is 0 Å². The third kappa shape index (κ3) is 4.69. The molecule has 0 bridgehead atoms. The van der Waals surface area contributed by atoms with Gasteiger partial charge in [0.25, 0.3) is 0 Å². The van der Waals surface area contributed by atoms with Crippen molar-refractivity contribution in [1.29, 1.82) is 0 Å². The van der Waals surface area contributed by atoms with Gasteiger partial charge in [0, 0.05) is 23.5 Å². The van der Waals surface area contributed by atoms with E-state index in [4.69, 9.17) is 33.2 Å². The van der Waals surface area contributed by atoms with Crippen molar-refractivity contribution in [2.75, 3.05) is 34.7 Å². The van der Waals surface area contributed by atoms with Gasteiger partial charge in [0.05, 0.1) is 33.9 Å². The normalized spacial score (nSPS) is 22.1. The fourth-order valence-electron chi connectivity index (χ4n) is 5.85. The Morgan fingerprint density at radius 3 is 2.20 bits per heavy atom. The van der Waals surface area contributed by atoms with Crippen molar-refractivity contribution in [3.63, 3.8) is 0 Å². The summed E-state index contributed by atoms with van der Waals surface area (Å²) in [5.74, 6) is -0.728. The monoisotopic (exact) mass is 562 g/mol. The summed E-state index contributed by atoms with van der Waals surface area (Å²) in [5, 5.41) is 0. The van der Waals surface area contributed by atoms with Crippen LogP contribution in [0.3, 0.4) is 0 Å². The molecule has 212 valence electrons. The van der Waals surface area contributed by atoms with Gasteiger partial charge < -0.3 is 33.2 Å². The SMILES string of the molecule is COc1cc([C@@H]2c3cc4c(cc3[C@H](OC(=O)/C=C/c3ccc(F)cc3)[C@H]3COC(=O)[C@H]23)OCO4)cc(OC)c1OC. The zero-order valence-corrected chi connectivity index (χ0v) is 22.5. The average molecular weight is 563 g/mol. The Labute approximate surface area is 235 Å². The largest absolute Gasteiger partial charge is 0.493 e. The topological polar surface area (TPSA) is 98.8 Å². The van der Waals surface area contributed by atoms with Gasteiger partial charge in [-0.05, 0) is 59.2 Å². The number of halogens is 1. The van der Waals surface area contributed by atoms with Crippen LogP contribution in [0.1, 0.15) is 34.3 Å². The number of benzene rings is 3. The lowest BCUT2D eigenvalue weighted by Gasteiger charge is -2.38. The molecule has 0 saturated carbocycles. The van der Waals surface area contributed by atoms with E-state index in [1.54, 1.807) is 30.3 Å². The molecule has 9 nitrogen and oxygen atoms in total. The van der Waals surface area contributed by atoms with Gasteiger partial charge in [-0.3, -0.25) is 4.79 Å². The number of rotatable bonds is 7. The highest BCUT2D eigenvalue weighted by atomic mass is 19.1. The standard InChI is InChI=1S/C31H27FO9/c1-35-24-10-17(11-25(36-2)30(24)37-3)27-19-12-22-23(40-15-39-22)13-20(19)29(21-14-38-31(34)28(21)27)41-26(33)9-6-16-4-7-18(32)8-5-16/h4-13,21,27-29H,14-15H2,1-3H3/b9-6+/t21-,27+,28-,29-/m0/s1. The van der Waals surface area contributed by atoms with E-state index in [-0.39, 0.29) is 19.2 Å². The molecule has 0 N–H and O–H groups in total. The molecule has 1 saturated heterocycles. The zero-order valence-electron chi connectivity index (χ0n) is 22.5. The zero-order chi connectivity index (χ0) is 28.7. The predicted octanol–water partition coefficient (Wildman–Crippen LogP) is 4.81. The Morgan fingerprint density at radius 2 is 1.56 bits per heavy atom. The number of carbonyl (C=O) groups excluding carboxylic acids is 2. The van der Waals surface area contributed by atoms with Crippen LogP contribution >= 0.6 is 0 Å². The van der Waals surface area contributed by atoms with Crippen LogP contribution in [0, 0.1) is 17.7 Å². The Hall–Kier alpha value is -4.73. The molecule has 6 rings (SSSR count). The molecule has 4 atom stereocenters. The maximum atomic E-state index is 13.3. The molecule has 0 unspecified atom stereocenters. The third-order valence-corrected chi connectivity index (χ3v) is 7.69. The summed E-state index contributed by atoms with van der Waals surface area (Å²) in [7, 11) is 4.56. The van der Waals surface area contributed by atoms with Crippen LogP contribution in [0.25, 0.3) is 6.08 Å². The molecule has 3 aromatic carbocycles. The molecular weight excluding hydrogens is 535 g/mol. The van der Waals surface area contributed by atoms with Gasteiger partial charge in [-0.25, -0.2) is 9.18 Å². The first-order valence-electron chi connectivity index (χ1n) is 13.0. The van der Waals surface area contributed by atoms with Crippen LogP contribution in [0.15, 0.2) is 54.6 Å². The van der Waals surface area contributed by atoms with Crippen molar-refractivity contribution in [1.82, 2.24) is 0 Å². The smallest absolute Gasteiger partial charge is 0.331 e. The Bertz CT molecular complexity index is 1510. The second kappa shape index (κ2) is 10.7. The van der Waals surface area contributed by atoms with Crippen molar-refractivity contribution >= 4 is 18.0 Å². The van der Waals surface area contributed by atoms with Crippen molar-refractivity contribution in [2.45, 2.75) is 12.0 Å². The van der Waals surface area contributed by atoms with Gasteiger partial charge in [-0.1, -0.05) is 12.1 Å². The molecule has 1 aliphatic carbocycles. The number of fused-ring (bicyclic) bond motifs is 3. The highest BCUT2D eigenvalue weighted by Crippen LogP contribution is 2.56. The number of methoxy groups -OCH3 is 3. The lowest BCUT2D eigenvalue weighted by Crippen LogP contribution is -2.36. The number of hydrogen-bond donors (Lipinski definition) is 0. The summed E-state index contributed by atoms with van der Waals surface area (Å²) in [4.78, 5) is 26.3. The second-order valence-electron chi connectivity index (χ2n) is 9.83. The number of hydrogen-bond acceptors (Lipinski definition) is 9. The van der Waals surface area contributed by atoms with Gasteiger partial charge in [-0.2, -0.15) is 0 Å². The fraction of sp³-hybridized carbons (Fsp3) is 0.290. The van der Waals surface area contributed by atoms with Gasteiger partial charge in [-0.15, -0.1) is 0 Å². The van der Waals surface area contributed by atoms with Crippen molar-refractivity contribution < 1.29 is 47.1 Å². The van der Waals surface area contributed by atoms with Gasteiger partial charge >= 0.3 is 11.9 Å². The van der Waals surface area contributed by atoms with E-state index in [0.717, 1.165) is 11.1 Å². The number of ether oxygens (including phenoxy) is 7. The van der Waals surface area contributed by atoms with Gasteiger partial charge in [0.15, 0.2) is 23.0 Å². The first-order chi connectivity index (χ1) is 19.9. The van der Waals surface area contributed by atoms with Crippen molar-refractivity contribution in [3.8, 4) is 28.7 Å². The summed E-state index contributed by atoms with van der Waals surface area (Å²) < 4.78 is 52.8. The lowest BCUT2D eigenvalue weighted by molar-refractivity contribution is -0.148. The molecule has 2 aliphatic heterocycles. The first kappa shape index (κ1) is 26.5. The van der Waals surface area contributed by atoms with Crippen molar-refractivity contribution in [3.05, 3.63) is 82.7 Å². The second-order valence-corrected chi connectivity index (χ2v) is 9.83. The summed E-state index contributed by atoms with van der Waals surface area (Å²) >= 11 is 0. The van der Waals surface area contributed by atoms with E-state index < -0.39 is 35.8 Å². The minimum absolute atomic E-state index is 0.0484. The molecule has 1 fully saturated rings. The minimum Gasteiger partial charge on any atom is -0.493 e. The van der Waals surface area contributed by atoms with Crippen LogP contribution < -0.4 is 23.7 Å². The summed E-state index contributed by atoms with van der Waals surface area (Å²) in [6.45, 7) is 0.116. The first-order valence-corrected chi connectivity index (χ1v) is 13.0. The minimum atomic E-state index is -0.806. The summed E-state index contributed by atoms with van der Waals surface area (Å²) in [6.07, 6.45) is 2.01. The molecule has 2 heterocycles. The lowest BCUT2D eigenvalue weighted by atomic mass is 9.66. The average Bonchev–Trinajstić information content (AvgIpc) is 3.61. The van der Waals surface area contributed by atoms with E-state index in [1.165, 1.54) is 45.6 Å². The number of esters is 2. The van der Waals surface area contributed by atoms with E-state index in [1.807, 2.05) is 6.07 Å². The highest BCUT2D eigenvalue weighted by Gasteiger charge is 2.54. The molecular formula is C31H27FO9. The predicted molar refractivity (Wildman–Crippen MR) is 143 cm³/mol. The molecule has 0 radical (unpaired) electrons. The molecule has 41 heavy (non-hydrogen) atoms. The molecule has 0 aromatic heterocycles. The third-order valence-electron chi connectivity index (χ3n) is 7.69. The van der Waals surface area contributed by atoms with E-state index in [0.29, 0.717) is 39.9 Å². The number of cyclic esters (lactones) is 1. The Balaban J connectivity index is 1.44. The van der Waals surface area contributed by atoms with Crippen LogP contribution in [0.5, 0.6) is 28.7 Å². The van der Waals surface area contributed by atoms with E-state index >= 15 is 0 Å². The van der Waals surface area contributed by atoms with Gasteiger partial charge in [0.2, 0.25) is 12.5 Å². The highest BCUT2D eigenvalue weighted by molar-refractivity contribution is 5.87. The fourth-order valence-corrected chi connectivity index (χ4v) is 5.85. The van der Waals surface area contributed by atoms with E-state index in [2.05, 4.69) is 0 Å². The molecule has 10 heteroatoms. The van der Waals surface area contributed by atoms with Crippen molar-refractivity contribution in [2.24, 2.45) is 11.8 Å². The van der Waals surface area contributed by atoms with Gasteiger partial charge in [0.1, 0.15) is 11.9 Å². The molecule has 0 spiro atoms. The number of carbonyl (C=O) groups is 2. The molecule has 3 aromatic rings. The summed E-state index contributed by atoms with van der Waals surface area (Å²) in [6, 6.07) is 12.9. The van der Waals surface area contributed by atoms with Crippen LogP contribution in [-0.2, 0) is 19.1 Å². The quantitative estimate of drug-likeness (QED) is 0.297. The van der Waals surface area contributed by atoms with E-state index in [9.17, 15) is 14.0 Å². The Morgan fingerprint density at radius 1 is 0.902 bits per heavy atom. The summed E-state index contributed by atoms with van der Waals surface area (Å²) in [5.41, 5.74) is 2.77. The van der Waals surface area contributed by atoms with Crippen LogP contribution in [-0.4, -0.2) is 46.7 Å².